The Hall–Kier alpha value is 0.0569. The van der Waals surface area contributed by atoms with Crippen molar-refractivity contribution in [2.45, 2.75) is 84.4 Å². The van der Waals surface area contributed by atoms with Crippen molar-refractivity contribution in [2.75, 3.05) is 19.8 Å². The van der Waals surface area contributed by atoms with Gasteiger partial charge < -0.3 is 4.74 Å². The molecule has 0 rings (SSSR count). The first-order valence-electron chi connectivity index (χ1n) is 8.96. The molecular weight excluding hydrogens is 282 g/mol. The Morgan fingerprint density at radius 1 is 0.810 bits per heavy atom. The van der Waals surface area contributed by atoms with Crippen LogP contribution in [0, 0.1) is 0 Å². The number of ether oxygens (including phenoxy) is 1. The summed E-state index contributed by atoms with van der Waals surface area (Å²) in [6, 6.07) is 1.30. The smallest absolute Gasteiger partial charge is 0.160 e. The van der Waals surface area contributed by atoms with Gasteiger partial charge in [-0.05, 0) is 30.9 Å². The van der Waals surface area contributed by atoms with Gasteiger partial charge in [-0.15, -0.1) is 0 Å². The molecule has 1 atom stereocenters. The molecule has 0 heterocycles. The van der Waals surface area contributed by atoms with E-state index in [9.17, 15) is 0 Å². The molecule has 0 N–H and O–H groups in total. The summed E-state index contributed by atoms with van der Waals surface area (Å²) in [5.41, 5.74) is 0. The van der Waals surface area contributed by atoms with Gasteiger partial charge in [0.2, 0.25) is 0 Å². The molecule has 0 aromatic carbocycles. The summed E-state index contributed by atoms with van der Waals surface area (Å²) in [4.78, 5) is 11.6. The molecule has 5 heteroatoms. The Morgan fingerprint density at radius 2 is 1.33 bits per heavy atom. The molecule has 0 radical (unpaired) electrons. The molecule has 0 amide bonds. The van der Waals surface area contributed by atoms with Crippen molar-refractivity contribution < 1.29 is 14.4 Å². The number of hydroxylamine groups is 2. The van der Waals surface area contributed by atoms with Crippen LogP contribution < -0.4 is 0 Å². The van der Waals surface area contributed by atoms with E-state index < -0.39 is 0 Å². The molecule has 0 aromatic rings. The second-order valence-electron chi connectivity index (χ2n) is 5.48. The summed E-state index contributed by atoms with van der Waals surface area (Å²) in [5, 5.41) is 1.65. The minimum absolute atomic E-state index is 0.0563. The number of hydrogen-bond donors (Lipinski definition) is 0. The van der Waals surface area contributed by atoms with Crippen LogP contribution in [0.1, 0.15) is 72.1 Å². The van der Waals surface area contributed by atoms with Gasteiger partial charge in [-0.1, -0.05) is 52.5 Å². The molecule has 0 aliphatic carbocycles. The Kier molecular flexibility index (Phi) is 16.5. The lowest BCUT2D eigenvalue weighted by molar-refractivity contribution is -0.425. The molecule has 0 aliphatic rings. The van der Waals surface area contributed by atoms with Crippen LogP contribution in [-0.2, 0) is 14.4 Å². The Bertz CT molecular complexity index is 198. The van der Waals surface area contributed by atoms with E-state index in [0.717, 1.165) is 51.6 Å². The predicted molar refractivity (Wildman–Crippen MR) is 92.2 cm³/mol. The van der Waals surface area contributed by atoms with Crippen LogP contribution >= 0.6 is 0 Å². The number of unbranched alkanes of at least 4 members (excludes halogenated alkanes) is 3. The number of hydrogen-bond acceptors (Lipinski definition) is 4. The van der Waals surface area contributed by atoms with E-state index >= 15 is 0 Å². The molecule has 0 spiro atoms. The summed E-state index contributed by atoms with van der Waals surface area (Å²) in [6.45, 7) is 8.72. The molecule has 0 saturated carbocycles. The van der Waals surface area contributed by atoms with Crippen LogP contribution in [0.25, 0.3) is 0 Å². The first-order chi connectivity index (χ1) is 10.3. The van der Waals surface area contributed by atoms with E-state index in [1.54, 1.807) is 5.23 Å². The van der Waals surface area contributed by atoms with Crippen LogP contribution in [0.4, 0.5) is 0 Å². The van der Waals surface area contributed by atoms with E-state index in [-0.39, 0.29) is 6.23 Å². The van der Waals surface area contributed by atoms with E-state index in [2.05, 4.69) is 20.8 Å². The average molecular weight is 320 g/mol. The maximum absolute atomic E-state index is 6.00. The minimum Gasteiger partial charge on any atom is -0.358 e. The second-order valence-corrected chi connectivity index (χ2v) is 6.48. The summed E-state index contributed by atoms with van der Waals surface area (Å²) < 4.78 is 6.00. The molecule has 0 aliphatic heterocycles. The molecule has 128 valence electrons. The standard InChI is InChI=1S/C16H37NO3Si/c1-4-7-12-18-16(11-10-15-21)17(19-13-8-5-2)20-14-9-6-3/h16H,4-15H2,1-3,21H3. The van der Waals surface area contributed by atoms with Gasteiger partial charge in [-0.3, -0.25) is 9.68 Å². The zero-order chi connectivity index (χ0) is 15.8. The van der Waals surface area contributed by atoms with Gasteiger partial charge in [0.05, 0.1) is 13.2 Å². The number of nitrogens with zero attached hydrogens (tertiary/aromatic N) is 1. The Balaban J connectivity index is 4.37. The van der Waals surface area contributed by atoms with Gasteiger partial charge in [0, 0.05) is 16.8 Å². The van der Waals surface area contributed by atoms with E-state index in [0.29, 0.717) is 13.2 Å². The molecule has 1 unspecified atom stereocenters. The quantitative estimate of drug-likeness (QED) is 0.189. The Morgan fingerprint density at radius 3 is 1.81 bits per heavy atom. The molecular formula is C16H37NO3Si. The molecule has 0 fully saturated rings. The van der Waals surface area contributed by atoms with Gasteiger partial charge >= 0.3 is 0 Å². The largest absolute Gasteiger partial charge is 0.358 e. The van der Waals surface area contributed by atoms with Crippen molar-refractivity contribution in [3.63, 3.8) is 0 Å². The fourth-order valence-electron chi connectivity index (χ4n) is 1.79. The third-order valence-electron chi connectivity index (χ3n) is 3.28. The third kappa shape index (κ3) is 12.3. The van der Waals surface area contributed by atoms with Gasteiger partial charge in [-0.2, -0.15) is 0 Å². The topological polar surface area (TPSA) is 30.9 Å². The van der Waals surface area contributed by atoms with Gasteiger partial charge in [0.25, 0.3) is 0 Å². The highest BCUT2D eigenvalue weighted by Crippen LogP contribution is 2.14. The van der Waals surface area contributed by atoms with Gasteiger partial charge in [0.1, 0.15) is 0 Å². The van der Waals surface area contributed by atoms with Crippen molar-refractivity contribution in [3.05, 3.63) is 0 Å². The minimum atomic E-state index is -0.0563. The highest BCUT2D eigenvalue weighted by atomic mass is 28.1. The van der Waals surface area contributed by atoms with E-state index in [1.165, 1.54) is 22.7 Å². The fraction of sp³-hybridized carbons (Fsp3) is 1.00. The highest BCUT2D eigenvalue weighted by molar-refractivity contribution is 6.08. The van der Waals surface area contributed by atoms with Gasteiger partial charge in [0.15, 0.2) is 6.23 Å². The molecule has 0 bridgehead atoms. The SMILES string of the molecule is CCCCOC(CCC[SiH3])N(OCCCC)OCCCC. The summed E-state index contributed by atoms with van der Waals surface area (Å²) in [6.07, 6.45) is 8.73. The van der Waals surface area contributed by atoms with Crippen LogP contribution in [0.3, 0.4) is 0 Å². The Labute approximate surface area is 134 Å². The second kappa shape index (κ2) is 16.4. The third-order valence-corrected chi connectivity index (χ3v) is 3.99. The lowest BCUT2D eigenvalue weighted by atomic mass is 10.3. The lowest BCUT2D eigenvalue weighted by Gasteiger charge is -2.29. The van der Waals surface area contributed by atoms with Crippen molar-refractivity contribution in [2.24, 2.45) is 0 Å². The first-order valence-corrected chi connectivity index (χ1v) is 10.4. The summed E-state index contributed by atoms with van der Waals surface area (Å²) in [5.74, 6) is 0. The molecule has 0 aromatic heterocycles. The van der Waals surface area contributed by atoms with Gasteiger partial charge in [-0.25, -0.2) is 0 Å². The number of rotatable bonds is 16. The maximum atomic E-state index is 6.00. The highest BCUT2D eigenvalue weighted by Gasteiger charge is 2.20. The summed E-state index contributed by atoms with van der Waals surface area (Å²) >= 11 is 0. The van der Waals surface area contributed by atoms with Crippen molar-refractivity contribution >= 4 is 10.2 Å². The monoisotopic (exact) mass is 319 g/mol. The molecule has 21 heavy (non-hydrogen) atoms. The van der Waals surface area contributed by atoms with E-state index in [1.807, 2.05) is 0 Å². The van der Waals surface area contributed by atoms with Crippen LogP contribution in [-0.4, -0.2) is 41.5 Å². The van der Waals surface area contributed by atoms with Crippen LogP contribution in [0.15, 0.2) is 0 Å². The van der Waals surface area contributed by atoms with E-state index in [4.69, 9.17) is 14.4 Å². The zero-order valence-electron chi connectivity index (χ0n) is 14.7. The van der Waals surface area contributed by atoms with Crippen molar-refractivity contribution in [1.29, 1.82) is 0 Å². The van der Waals surface area contributed by atoms with Crippen LogP contribution in [0.2, 0.25) is 6.04 Å². The fourth-order valence-corrected chi connectivity index (χ4v) is 2.20. The maximum Gasteiger partial charge on any atom is 0.160 e. The summed E-state index contributed by atoms with van der Waals surface area (Å²) in [7, 11) is 1.25. The first kappa shape index (κ1) is 21.1. The van der Waals surface area contributed by atoms with Crippen molar-refractivity contribution in [3.8, 4) is 0 Å². The normalized spacial score (nSPS) is 13.1. The molecule has 0 saturated heterocycles. The molecule has 4 nitrogen and oxygen atoms in total. The van der Waals surface area contributed by atoms with Crippen molar-refractivity contribution in [1.82, 2.24) is 5.23 Å². The zero-order valence-corrected chi connectivity index (χ0v) is 16.7. The lowest BCUT2D eigenvalue weighted by Crippen LogP contribution is -2.38. The van der Waals surface area contributed by atoms with Crippen LogP contribution in [0.5, 0.6) is 0 Å². The predicted octanol–water partition coefficient (Wildman–Crippen LogP) is 3.46. The average Bonchev–Trinajstić information content (AvgIpc) is 2.50.